The fourth-order valence-corrected chi connectivity index (χ4v) is 3.27. The molecule has 28 heavy (non-hydrogen) atoms. The van der Waals surface area contributed by atoms with E-state index in [-0.39, 0.29) is 5.91 Å². The van der Waals surface area contributed by atoms with Crippen LogP contribution < -0.4 is 0 Å². The summed E-state index contributed by atoms with van der Waals surface area (Å²) in [6.45, 7) is 3.41. The van der Waals surface area contributed by atoms with Gasteiger partial charge in [-0.3, -0.25) is 14.5 Å². The monoisotopic (exact) mass is 370 g/mol. The molecule has 5 heteroatoms. The van der Waals surface area contributed by atoms with Gasteiger partial charge in [-0.1, -0.05) is 24.3 Å². The van der Waals surface area contributed by atoms with Crippen LogP contribution in [0.2, 0.25) is 0 Å². The van der Waals surface area contributed by atoms with Gasteiger partial charge in [0.25, 0.3) is 5.91 Å². The van der Waals surface area contributed by atoms with Crippen LogP contribution in [0.1, 0.15) is 23.0 Å². The molecule has 0 atom stereocenters. The summed E-state index contributed by atoms with van der Waals surface area (Å²) in [5.41, 5.74) is 3.77. The molecule has 5 nitrogen and oxygen atoms in total. The lowest BCUT2D eigenvalue weighted by molar-refractivity contribution is 0.0783. The van der Waals surface area contributed by atoms with E-state index in [4.69, 9.17) is 0 Å². The van der Waals surface area contributed by atoms with E-state index >= 15 is 0 Å². The summed E-state index contributed by atoms with van der Waals surface area (Å²) in [7, 11) is 1.80. The lowest BCUT2D eigenvalue weighted by Crippen LogP contribution is -2.26. The van der Waals surface area contributed by atoms with Crippen molar-refractivity contribution in [2.75, 3.05) is 7.05 Å². The zero-order valence-corrected chi connectivity index (χ0v) is 16.0. The molecule has 0 bridgehead atoms. The van der Waals surface area contributed by atoms with Crippen LogP contribution in [-0.2, 0) is 13.1 Å². The van der Waals surface area contributed by atoms with Crippen molar-refractivity contribution in [3.05, 3.63) is 84.4 Å². The number of aryl methyl sites for hydroxylation is 1. The quantitative estimate of drug-likeness (QED) is 0.523. The predicted octanol–water partition coefficient (Wildman–Crippen LogP) is 4.39. The van der Waals surface area contributed by atoms with E-state index in [1.165, 1.54) is 0 Å². The summed E-state index contributed by atoms with van der Waals surface area (Å²) >= 11 is 0. The molecule has 0 aliphatic carbocycles. The lowest BCUT2D eigenvalue weighted by Gasteiger charge is -2.17. The summed E-state index contributed by atoms with van der Waals surface area (Å²) in [6.07, 6.45) is 5.67. The van der Waals surface area contributed by atoms with Gasteiger partial charge in [-0.25, -0.2) is 0 Å². The molecule has 4 aromatic rings. The van der Waals surface area contributed by atoms with Gasteiger partial charge in [0.2, 0.25) is 0 Å². The standard InChI is InChI=1S/C23H22N4O/c1-3-27-15-21(14-25-27)19-8-7-18-13-20(10-9-17(18)12-19)23(28)26(2)16-22-6-4-5-11-24-22/h4-15H,3,16H2,1-2H3. The van der Waals surface area contributed by atoms with E-state index in [1.54, 1.807) is 18.1 Å². The number of carbonyl (C=O) groups excluding carboxylic acids is 1. The van der Waals surface area contributed by atoms with Crippen LogP contribution in [0, 0.1) is 0 Å². The van der Waals surface area contributed by atoms with Crippen molar-refractivity contribution in [1.82, 2.24) is 19.7 Å². The Labute approximate surface area is 164 Å². The largest absolute Gasteiger partial charge is 0.336 e. The highest BCUT2D eigenvalue weighted by molar-refractivity contribution is 5.99. The van der Waals surface area contributed by atoms with Crippen LogP contribution in [0.4, 0.5) is 0 Å². The van der Waals surface area contributed by atoms with E-state index in [9.17, 15) is 4.79 Å². The Morgan fingerprint density at radius 2 is 1.86 bits per heavy atom. The van der Waals surface area contributed by atoms with Crippen molar-refractivity contribution in [1.29, 1.82) is 0 Å². The van der Waals surface area contributed by atoms with Crippen molar-refractivity contribution in [3.8, 4) is 11.1 Å². The molecule has 0 saturated heterocycles. The third-order valence-corrected chi connectivity index (χ3v) is 4.85. The Morgan fingerprint density at radius 1 is 1.04 bits per heavy atom. The van der Waals surface area contributed by atoms with E-state index in [0.29, 0.717) is 12.1 Å². The first kappa shape index (κ1) is 17.9. The molecule has 4 rings (SSSR count). The van der Waals surface area contributed by atoms with Gasteiger partial charge < -0.3 is 4.90 Å². The molecule has 0 fully saturated rings. The van der Waals surface area contributed by atoms with Gasteiger partial charge in [-0.05, 0) is 53.6 Å². The van der Waals surface area contributed by atoms with Gasteiger partial charge in [0.1, 0.15) is 0 Å². The van der Waals surface area contributed by atoms with Crippen molar-refractivity contribution < 1.29 is 4.79 Å². The number of carbonyl (C=O) groups is 1. The highest BCUT2D eigenvalue weighted by atomic mass is 16.2. The Balaban J connectivity index is 1.57. The van der Waals surface area contributed by atoms with Gasteiger partial charge in [0.15, 0.2) is 0 Å². The van der Waals surface area contributed by atoms with E-state index in [1.807, 2.05) is 53.5 Å². The van der Waals surface area contributed by atoms with Crippen LogP contribution in [0.3, 0.4) is 0 Å². The van der Waals surface area contributed by atoms with Crippen molar-refractivity contribution in [2.24, 2.45) is 0 Å². The molecule has 0 aliphatic heterocycles. The summed E-state index contributed by atoms with van der Waals surface area (Å²) in [4.78, 5) is 18.8. The normalized spacial score (nSPS) is 10.9. The zero-order chi connectivity index (χ0) is 19.5. The number of rotatable bonds is 5. The Hall–Kier alpha value is -3.47. The molecular formula is C23H22N4O. The molecule has 0 aliphatic rings. The molecule has 2 aromatic carbocycles. The van der Waals surface area contributed by atoms with Crippen LogP contribution >= 0.6 is 0 Å². The van der Waals surface area contributed by atoms with Crippen LogP contribution in [0.5, 0.6) is 0 Å². The van der Waals surface area contributed by atoms with Gasteiger partial charge >= 0.3 is 0 Å². The van der Waals surface area contributed by atoms with Crippen LogP contribution in [0.25, 0.3) is 21.9 Å². The molecule has 1 amide bonds. The molecule has 0 N–H and O–H groups in total. The molecule has 0 spiro atoms. The first-order valence-corrected chi connectivity index (χ1v) is 9.36. The number of fused-ring (bicyclic) bond motifs is 1. The summed E-state index contributed by atoms with van der Waals surface area (Å²) in [5.74, 6) is -0.0131. The topological polar surface area (TPSA) is 51.0 Å². The third kappa shape index (κ3) is 3.64. The maximum Gasteiger partial charge on any atom is 0.253 e. The van der Waals surface area contributed by atoms with Crippen LogP contribution in [0.15, 0.2) is 73.2 Å². The first-order valence-electron chi connectivity index (χ1n) is 9.36. The fourth-order valence-electron chi connectivity index (χ4n) is 3.27. The first-order chi connectivity index (χ1) is 13.6. The molecule has 2 aromatic heterocycles. The molecule has 2 heterocycles. The number of benzene rings is 2. The second kappa shape index (κ2) is 7.64. The van der Waals surface area contributed by atoms with Crippen molar-refractivity contribution >= 4 is 16.7 Å². The predicted molar refractivity (Wildman–Crippen MR) is 111 cm³/mol. The van der Waals surface area contributed by atoms with Crippen molar-refractivity contribution in [2.45, 2.75) is 20.0 Å². The average molecular weight is 370 g/mol. The van der Waals surface area contributed by atoms with Gasteiger partial charge in [-0.15, -0.1) is 0 Å². The Morgan fingerprint density at radius 3 is 2.61 bits per heavy atom. The van der Waals surface area contributed by atoms with Gasteiger partial charge in [0.05, 0.1) is 18.4 Å². The average Bonchev–Trinajstić information content (AvgIpc) is 3.22. The molecular weight excluding hydrogens is 348 g/mol. The van der Waals surface area contributed by atoms with Gasteiger partial charge in [0, 0.05) is 37.1 Å². The summed E-state index contributed by atoms with van der Waals surface area (Å²) in [6, 6.07) is 17.8. The molecule has 0 radical (unpaired) electrons. The van der Waals surface area contributed by atoms with Crippen LogP contribution in [-0.4, -0.2) is 32.6 Å². The number of aromatic nitrogens is 3. The minimum Gasteiger partial charge on any atom is -0.336 e. The summed E-state index contributed by atoms with van der Waals surface area (Å²) in [5, 5.41) is 6.49. The fraction of sp³-hybridized carbons (Fsp3) is 0.174. The van der Waals surface area contributed by atoms with E-state index in [2.05, 4.69) is 35.2 Å². The highest BCUT2D eigenvalue weighted by Crippen LogP contribution is 2.25. The second-order valence-corrected chi connectivity index (χ2v) is 6.84. The van der Waals surface area contributed by atoms with Gasteiger partial charge in [-0.2, -0.15) is 5.10 Å². The maximum absolute atomic E-state index is 12.8. The highest BCUT2D eigenvalue weighted by Gasteiger charge is 2.13. The van der Waals surface area contributed by atoms with Crippen molar-refractivity contribution in [3.63, 3.8) is 0 Å². The Bertz CT molecular complexity index is 1120. The maximum atomic E-state index is 12.8. The van der Waals surface area contributed by atoms with E-state index in [0.717, 1.165) is 34.1 Å². The minimum absolute atomic E-state index is 0.0131. The summed E-state index contributed by atoms with van der Waals surface area (Å²) < 4.78 is 1.92. The molecule has 0 unspecified atom stereocenters. The SMILES string of the molecule is CCn1cc(-c2ccc3cc(C(=O)N(C)Cc4ccccn4)ccc3c2)cn1. The number of hydrogen-bond acceptors (Lipinski definition) is 3. The molecule has 0 saturated carbocycles. The Kier molecular flexibility index (Phi) is 4.89. The lowest BCUT2D eigenvalue weighted by atomic mass is 10.0. The number of pyridine rings is 1. The number of nitrogens with zero attached hydrogens (tertiary/aromatic N) is 4. The van der Waals surface area contributed by atoms with E-state index < -0.39 is 0 Å². The molecule has 140 valence electrons. The second-order valence-electron chi connectivity index (χ2n) is 6.84. The minimum atomic E-state index is -0.0131. The number of amides is 1. The smallest absolute Gasteiger partial charge is 0.253 e. The number of hydrogen-bond donors (Lipinski definition) is 0. The zero-order valence-electron chi connectivity index (χ0n) is 16.0. The third-order valence-electron chi connectivity index (χ3n) is 4.85.